The van der Waals surface area contributed by atoms with Crippen LogP contribution in [0.3, 0.4) is 0 Å². The number of nitrogens with zero attached hydrogens (tertiary/aromatic N) is 1. The summed E-state index contributed by atoms with van der Waals surface area (Å²) in [4.78, 5) is 28.3. The second-order valence-electron chi connectivity index (χ2n) is 6.05. The molecule has 7 heteroatoms. The van der Waals surface area contributed by atoms with Gasteiger partial charge in [0.25, 0.3) is 5.78 Å². The van der Waals surface area contributed by atoms with Crippen molar-refractivity contribution in [2.75, 3.05) is 13.7 Å². The number of carbonyl (C=O) groups excluding carboxylic acids is 1. The van der Waals surface area contributed by atoms with Crippen LogP contribution in [-0.2, 0) is 9.59 Å². The number of ether oxygens (including phenoxy) is 2. The maximum absolute atomic E-state index is 12.4. The quantitative estimate of drug-likeness (QED) is 0.455. The number of hydrogen-bond acceptors (Lipinski definition) is 5. The first-order valence-electron chi connectivity index (χ1n) is 8.80. The zero-order valence-corrected chi connectivity index (χ0v) is 16.6. The maximum Gasteiger partial charge on any atom is 0.377 e. The van der Waals surface area contributed by atoms with Gasteiger partial charge < -0.3 is 14.6 Å². The molecular formula is C22H18ClNO5. The standard InChI is InChI=1S/C22H18ClNO5/c1-3-29-19-12-13(11-16(23)21(19)28-2)10-15(20(25)22(26)27)18-9-8-14-6-4-5-7-17(14)24-18/h4-12H,3H2,1-2H3,(H,26,27)/b15-10+. The van der Waals surface area contributed by atoms with E-state index >= 15 is 0 Å². The Balaban J connectivity index is 2.17. The molecule has 0 spiro atoms. The first-order chi connectivity index (χ1) is 13.9. The molecule has 0 fully saturated rings. The molecule has 0 unspecified atom stereocenters. The molecular weight excluding hydrogens is 394 g/mol. The number of Topliss-reactive ketones (excluding diaryl/α,β-unsaturated/α-hetero) is 1. The number of ketones is 1. The summed E-state index contributed by atoms with van der Waals surface area (Å²) in [5.74, 6) is -1.89. The Bertz CT molecular complexity index is 1120. The molecule has 1 N–H and O–H groups in total. The van der Waals surface area contributed by atoms with Crippen LogP contribution in [0, 0.1) is 0 Å². The van der Waals surface area contributed by atoms with Crippen molar-refractivity contribution in [1.82, 2.24) is 4.98 Å². The molecule has 148 valence electrons. The molecule has 0 saturated heterocycles. The van der Waals surface area contributed by atoms with Gasteiger partial charge in [0.05, 0.1) is 35.5 Å². The van der Waals surface area contributed by atoms with Gasteiger partial charge >= 0.3 is 5.97 Å². The lowest BCUT2D eigenvalue weighted by Crippen LogP contribution is -2.15. The molecule has 3 rings (SSSR count). The lowest BCUT2D eigenvalue weighted by atomic mass is 10.0. The van der Waals surface area contributed by atoms with E-state index in [2.05, 4.69) is 4.98 Å². The predicted molar refractivity (Wildman–Crippen MR) is 111 cm³/mol. The summed E-state index contributed by atoms with van der Waals surface area (Å²) in [5, 5.41) is 10.4. The van der Waals surface area contributed by atoms with Gasteiger partial charge in [0.15, 0.2) is 11.5 Å². The van der Waals surface area contributed by atoms with E-state index in [0.29, 0.717) is 29.2 Å². The highest BCUT2D eigenvalue weighted by molar-refractivity contribution is 6.52. The number of hydrogen-bond donors (Lipinski definition) is 1. The van der Waals surface area contributed by atoms with E-state index in [1.807, 2.05) is 25.1 Å². The summed E-state index contributed by atoms with van der Waals surface area (Å²) in [6.45, 7) is 2.20. The van der Waals surface area contributed by atoms with Crippen molar-refractivity contribution in [1.29, 1.82) is 0 Å². The molecule has 1 heterocycles. The van der Waals surface area contributed by atoms with E-state index in [-0.39, 0.29) is 16.3 Å². The smallest absolute Gasteiger partial charge is 0.377 e. The van der Waals surface area contributed by atoms with Gasteiger partial charge in [-0.2, -0.15) is 0 Å². The highest BCUT2D eigenvalue weighted by atomic mass is 35.5. The number of benzene rings is 2. The zero-order chi connectivity index (χ0) is 21.0. The number of methoxy groups -OCH3 is 1. The van der Waals surface area contributed by atoms with Crippen LogP contribution in [0.1, 0.15) is 18.2 Å². The third-order valence-electron chi connectivity index (χ3n) is 4.16. The van der Waals surface area contributed by atoms with E-state index in [1.165, 1.54) is 13.2 Å². The summed E-state index contributed by atoms with van der Waals surface area (Å²) < 4.78 is 10.8. The number of halogens is 1. The lowest BCUT2D eigenvalue weighted by Gasteiger charge is -2.12. The molecule has 3 aromatic rings. The fourth-order valence-electron chi connectivity index (χ4n) is 2.89. The van der Waals surface area contributed by atoms with Gasteiger partial charge in [0, 0.05) is 5.39 Å². The average Bonchev–Trinajstić information content (AvgIpc) is 2.71. The van der Waals surface area contributed by atoms with E-state index in [1.54, 1.807) is 30.3 Å². The van der Waals surface area contributed by atoms with Crippen molar-refractivity contribution in [2.24, 2.45) is 0 Å². The normalized spacial score (nSPS) is 11.3. The van der Waals surface area contributed by atoms with E-state index in [0.717, 1.165) is 5.39 Å². The second kappa shape index (κ2) is 8.75. The molecule has 0 aliphatic rings. The van der Waals surface area contributed by atoms with Crippen LogP contribution in [0.2, 0.25) is 5.02 Å². The molecule has 0 aliphatic heterocycles. The number of fused-ring (bicyclic) bond motifs is 1. The predicted octanol–water partition coefficient (Wildman–Crippen LogP) is 4.49. The summed E-state index contributed by atoms with van der Waals surface area (Å²) in [6, 6.07) is 14.0. The van der Waals surface area contributed by atoms with Gasteiger partial charge in [-0.15, -0.1) is 0 Å². The third kappa shape index (κ3) is 4.38. The van der Waals surface area contributed by atoms with Crippen molar-refractivity contribution in [2.45, 2.75) is 6.92 Å². The number of aromatic nitrogens is 1. The van der Waals surface area contributed by atoms with Gasteiger partial charge in [-0.25, -0.2) is 9.78 Å². The molecule has 0 radical (unpaired) electrons. The summed E-state index contributed by atoms with van der Waals surface area (Å²) in [5.41, 5.74) is 1.32. The van der Waals surface area contributed by atoms with Crippen molar-refractivity contribution >= 4 is 45.9 Å². The van der Waals surface area contributed by atoms with Crippen LogP contribution in [-0.4, -0.2) is 35.6 Å². The first-order valence-corrected chi connectivity index (χ1v) is 9.18. The van der Waals surface area contributed by atoms with Crippen molar-refractivity contribution < 1.29 is 24.2 Å². The Hall–Kier alpha value is -3.38. The maximum atomic E-state index is 12.4. The highest BCUT2D eigenvalue weighted by Crippen LogP contribution is 2.37. The third-order valence-corrected chi connectivity index (χ3v) is 4.44. The molecule has 0 atom stereocenters. The zero-order valence-electron chi connectivity index (χ0n) is 15.8. The minimum Gasteiger partial charge on any atom is -0.491 e. The number of aliphatic carboxylic acids is 1. The Morgan fingerprint density at radius 2 is 1.93 bits per heavy atom. The topological polar surface area (TPSA) is 85.7 Å². The van der Waals surface area contributed by atoms with Gasteiger partial charge in [0.1, 0.15) is 0 Å². The molecule has 0 saturated carbocycles. The Morgan fingerprint density at radius 1 is 1.17 bits per heavy atom. The fourth-order valence-corrected chi connectivity index (χ4v) is 3.18. The van der Waals surface area contributed by atoms with E-state index in [4.69, 9.17) is 21.1 Å². The Kier molecular flexibility index (Phi) is 6.14. The molecule has 1 aromatic heterocycles. The van der Waals surface area contributed by atoms with E-state index < -0.39 is 11.8 Å². The van der Waals surface area contributed by atoms with Crippen molar-refractivity contribution in [3.8, 4) is 11.5 Å². The number of para-hydroxylation sites is 1. The molecule has 0 aliphatic carbocycles. The first kappa shape index (κ1) is 20.4. The molecule has 6 nitrogen and oxygen atoms in total. The van der Waals surface area contributed by atoms with Gasteiger partial charge in [0.2, 0.25) is 0 Å². The number of pyridine rings is 1. The van der Waals surface area contributed by atoms with Crippen LogP contribution >= 0.6 is 11.6 Å². The van der Waals surface area contributed by atoms with Crippen LogP contribution in [0.25, 0.3) is 22.6 Å². The SMILES string of the molecule is CCOc1cc(/C=C(/C(=O)C(=O)O)c2ccc3ccccc3n2)cc(Cl)c1OC. The summed E-state index contributed by atoms with van der Waals surface area (Å²) >= 11 is 6.27. The van der Waals surface area contributed by atoms with Gasteiger partial charge in [-0.05, 0) is 42.8 Å². The second-order valence-corrected chi connectivity index (χ2v) is 6.46. The Morgan fingerprint density at radius 3 is 2.62 bits per heavy atom. The minimum atomic E-state index is -1.57. The van der Waals surface area contributed by atoms with Crippen molar-refractivity contribution in [3.63, 3.8) is 0 Å². The lowest BCUT2D eigenvalue weighted by molar-refractivity contribution is -0.146. The number of rotatable bonds is 7. The fraction of sp³-hybridized carbons (Fsp3) is 0.136. The molecule has 0 amide bonds. The number of carboxylic acid groups (broad SMARTS) is 1. The van der Waals surface area contributed by atoms with Crippen LogP contribution in [0.5, 0.6) is 11.5 Å². The number of carboxylic acids is 1. The largest absolute Gasteiger partial charge is 0.491 e. The minimum absolute atomic E-state index is 0.0630. The Labute approximate surface area is 172 Å². The van der Waals surface area contributed by atoms with Crippen LogP contribution in [0.15, 0.2) is 48.5 Å². The number of carbonyl (C=O) groups is 2. The summed E-state index contributed by atoms with van der Waals surface area (Å²) in [6.07, 6.45) is 1.43. The molecule has 29 heavy (non-hydrogen) atoms. The molecule has 2 aromatic carbocycles. The monoisotopic (exact) mass is 411 g/mol. The highest BCUT2D eigenvalue weighted by Gasteiger charge is 2.22. The van der Waals surface area contributed by atoms with Crippen LogP contribution in [0.4, 0.5) is 0 Å². The summed E-state index contributed by atoms with van der Waals surface area (Å²) in [7, 11) is 1.47. The van der Waals surface area contributed by atoms with Gasteiger partial charge in [-0.3, -0.25) is 4.79 Å². The van der Waals surface area contributed by atoms with Crippen LogP contribution < -0.4 is 9.47 Å². The van der Waals surface area contributed by atoms with Gasteiger partial charge in [-0.1, -0.05) is 35.9 Å². The average molecular weight is 412 g/mol. The van der Waals surface area contributed by atoms with Crippen molar-refractivity contribution in [3.05, 3.63) is 64.8 Å². The molecule has 0 bridgehead atoms. The van der Waals surface area contributed by atoms with E-state index in [9.17, 15) is 14.7 Å².